The fourth-order valence-electron chi connectivity index (χ4n) is 3.54. The highest BCUT2D eigenvalue weighted by molar-refractivity contribution is 7.80. The Balaban J connectivity index is 1.41. The molecule has 0 aliphatic carbocycles. The van der Waals surface area contributed by atoms with Gasteiger partial charge < -0.3 is 20.3 Å². The number of carbonyl (C=O) groups excluding carboxylic acids is 1. The van der Waals surface area contributed by atoms with Crippen LogP contribution in [0.2, 0.25) is 0 Å². The smallest absolute Gasteiger partial charge is 0.274 e. The molecule has 1 aliphatic rings. The largest absolute Gasteiger partial charge is 0.378 e. The predicted molar refractivity (Wildman–Crippen MR) is 127 cm³/mol. The van der Waals surface area contributed by atoms with Crippen molar-refractivity contribution in [2.75, 3.05) is 36.9 Å². The van der Waals surface area contributed by atoms with Gasteiger partial charge in [0.15, 0.2) is 5.11 Å². The van der Waals surface area contributed by atoms with Gasteiger partial charge in [-0.3, -0.25) is 14.2 Å². The SMILES string of the molecule is CCn1ncc(NC(=S)Nc2cnn(Cc3ccc(C)cc3)c2)c1C(=O)N1CCOCC1. The maximum absolute atomic E-state index is 13.1. The maximum Gasteiger partial charge on any atom is 0.274 e. The number of amides is 1. The normalized spacial score (nSPS) is 13.8. The molecule has 3 heterocycles. The monoisotopic (exact) mass is 453 g/mol. The molecular formula is C22H27N7O2S. The van der Waals surface area contributed by atoms with Crippen LogP contribution in [-0.4, -0.2) is 61.8 Å². The van der Waals surface area contributed by atoms with Crippen molar-refractivity contribution in [3.05, 3.63) is 59.7 Å². The van der Waals surface area contributed by atoms with E-state index in [1.807, 2.05) is 17.8 Å². The maximum atomic E-state index is 13.1. The molecule has 0 bridgehead atoms. The van der Waals surface area contributed by atoms with Gasteiger partial charge in [0.1, 0.15) is 5.69 Å². The summed E-state index contributed by atoms with van der Waals surface area (Å²) in [5.41, 5.74) is 4.23. The first kappa shape index (κ1) is 22.0. The van der Waals surface area contributed by atoms with Crippen LogP contribution in [0.15, 0.2) is 42.9 Å². The Morgan fingerprint density at radius 3 is 2.59 bits per heavy atom. The molecule has 1 saturated heterocycles. The average molecular weight is 454 g/mol. The van der Waals surface area contributed by atoms with Crippen LogP contribution in [0.4, 0.5) is 11.4 Å². The molecule has 2 aromatic heterocycles. The van der Waals surface area contributed by atoms with Gasteiger partial charge in [-0.1, -0.05) is 29.8 Å². The molecule has 10 heteroatoms. The minimum atomic E-state index is -0.0798. The summed E-state index contributed by atoms with van der Waals surface area (Å²) in [4.78, 5) is 14.9. The summed E-state index contributed by atoms with van der Waals surface area (Å²) in [6.07, 6.45) is 5.24. The summed E-state index contributed by atoms with van der Waals surface area (Å²) in [5.74, 6) is -0.0798. The van der Waals surface area contributed by atoms with Crippen molar-refractivity contribution in [3.63, 3.8) is 0 Å². The van der Waals surface area contributed by atoms with Crippen molar-refractivity contribution in [2.24, 2.45) is 0 Å². The second-order valence-electron chi connectivity index (χ2n) is 7.62. The topological polar surface area (TPSA) is 89.2 Å². The van der Waals surface area contributed by atoms with Gasteiger partial charge in [0.25, 0.3) is 5.91 Å². The van der Waals surface area contributed by atoms with Crippen molar-refractivity contribution in [1.29, 1.82) is 0 Å². The van der Waals surface area contributed by atoms with Crippen molar-refractivity contribution in [2.45, 2.75) is 26.9 Å². The number of nitrogens with zero attached hydrogens (tertiary/aromatic N) is 5. The molecule has 0 saturated carbocycles. The quantitative estimate of drug-likeness (QED) is 0.555. The molecule has 1 fully saturated rings. The number of benzene rings is 1. The first-order valence-electron chi connectivity index (χ1n) is 10.6. The van der Waals surface area contributed by atoms with Crippen molar-refractivity contribution >= 4 is 34.6 Å². The summed E-state index contributed by atoms with van der Waals surface area (Å²) in [5, 5.41) is 15.4. The van der Waals surface area contributed by atoms with Crippen LogP contribution in [0.5, 0.6) is 0 Å². The minimum absolute atomic E-state index is 0.0798. The average Bonchev–Trinajstić information content (AvgIpc) is 3.41. The van der Waals surface area contributed by atoms with E-state index in [-0.39, 0.29) is 5.91 Å². The molecule has 1 aliphatic heterocycles. The number of ether oxygens (including phenoxy) is 1. The number of morpholine rings is 1. The Morgan fingerprint density at radius 2 is 1.88 bits per heavy atom. The molecule has 1 aromatic carbocycles. The summed E-state index contributed by atoms with van der Waals surface area (Å²) in [7, 11) is 0. The highest BCUT2D eigenvalue weighted by Crippen LogP contribution is 2.19. The summed E-state index contributed by atoms with van der Waals surface area (Å²) >= 11 is 5.48. The Hall–Kier alpha value is -3.24. The van der Waals surface area contributed by atoms with Gasteiger partial charge in [0.05, 0.1) is 43.5 Å². The van der Waals surface area contributed by atoms with Crippen LogP contribution < -0.4 is 10.6 Å². The molecule has 0 radical (unpaired) electrons. The minimum Gasteiger partial charge on any atom is -0.378 e. The number of nitrogens with one attached hydrogen (secondary N) is 2. The van der Waals surface area contributed by atoms with E-state index in [4.69, 9.17) is 17.0 Å². The van der Waals surface area contributed by atoms with Crippen LogP contribution in [-0.2, 0) is 17.8 Å². The van der Waals surface area contributed by atoms with Crippen LogP contribution in [0.1, 0.15) is 28.5 Å². The van der Waals surface area contributed by atoms with Gasteiger partial charge in [-0.15, -0.1) is 0 Å². The molecule has 168 valence electrons. The number of thiocarbonyl (C=S) groups is 1. The summed E-state index contributed by atoms with van der Waals surface area (Å²) in [6, 6.07) is 8.36. The Kier molecular flexibility index (Phi) is 6.81. The highest BCUT2D eigenvalue weighted by atomic mass is 32.1. The molecule has 0 unspecified atom stereocenters. The predicted octanol–water partition coefficient (Wildman–Crippen LogP) is 2.74. The van der Waals surface area contributed by atoms with E-state index in [0.29, 0.717) is 55.9 Å². The van der Waals surface area contributed by atoms with E-state index in [0.717, 1.165) is 5.69 Å². The highest BCUT2D eigenvalue weighted by Gasteiger charge is 2.25. The number of rotatable bonds is 6. The molecule has 0 atom stereocenters. The zero-order valence-electron chi connectivity index (χ0n) is 18.2. The Bertz CT molecular complexity index is 1080. The lowest BCUT2D eigenvalue weighted by molar-refractivity contribution is 0.0295. The number of hydrogen-bond donors (Lipinski definition) is 2. The van der Waals surface area contributed by atoms with Gasteiger partial charge in [-0.25, -0.2) is 0 Å². The molecule has 32 heavy (non-hydrogen) atoms. The third-order valence-electron chi connectivity index (χ3n) is 5.24. The van der Waals surface area contributed by atoms with Crippen LogP contribution in [0.25, 0.3) is 0 Å². The standard InChI is InChI=1S/C22H27N7O2S/c1-3-29-20(21(30)27-8-10-31-11-9-27)19(13-24-29)26-22(32)25-18-12-23-28(15-18)14-17-6-4-16(2)5-7-17/h4-7,12-13,15H,3,8-11,14H2,1-2H3,(H2,25,26,32). The number of hydrogen-bond acceptors (Lipinski definition) is 5. The van der Waals surface area contributed by atoms with E-state index in [9.17, 15) is 4.79 Å². The fourth-order valence-corrected chi connectivity index (χ4v) is 3.77. The molecule has 4 rings (SSSR count). The lowest BCUT2D eigenvalue weighted by Gasteiger charge is -2.27. The lowest BCUT2D eigenvalue weighted by atomic mass is 10.1. The van der Waals surface area contributed by atoms with Crippen LogP contribution in [0, 0.1) is 6.92 Å². The third-order valence-corrected chi connectivity index (χ3v) is 5.45. The number of aryl methyl sites for hydroxylation is 2. The lowest BCUT2D eigenvalue weighted by Crippen LogP contribution is -2.41. The Labute approximate surface area is 192 Å². The van der Waals surface area contributed by atoms with E-state index in [1.54, 1.807) is 22.0 Å². The van der Waals surface area contributed by atoms with Gasteiger partial charge in [0.2, 0.25) is 0 Å². The Morgan fingerprint density at radius 1 is 1.12 bits per heavy atom. The van der Waals surface area contributed by atoms with Crippen molar-refractivity contribution in [1.82, 2.24) is 24.5 Å². The molecule has 9 nitrogen and oxygen atoms in total. The zero-order valence-corrected chi connectivity index (χ0v) is 19.1. The van der Waals surface area contributed by atoms with Gasteiger partial charge >= 0.3 is 0 Å². The number of aromatic nitrogens is 4. The van der Waals surface area contributed by atoms with Crippen LogP contribution >= 0.6 is 12.2 Å². The molecule has 3 aromatic rings. The fraction of sp³-hybridized carbons (Fsp3) is 0.364. The summed E-state index contributed by atoms with van der Waals surface area (Å²) < 4.78 is 8.89. The molecule has 1 amide bonds. The van der Waals surface area contributed by atoms with Gasteiger partial charge in [0, 0.05) is 25.8 Å². The first-order valence-corrected chi connectivity index (χ1v) is 11.0. The van der Waals surface area contributed by atoms with Crippen LogP contribution in [0.3, 0.4) is 0 Å². The number of anilines is 2. The summed E-state index contributed by atoms with van der Waals surface area (Å²) in [6.45, 7) is 7.49. The first-order chi connectivity index (χ1) is 15.5. The molecular weight excluding hydrogens is 426 g/mol. The van der Waals surface area contributed by atoms with Gasteiger partial charge in [-0.05, 0) is 31.6 Å². The van der Waals surface area contributed by atoms with E-state index in [1.165, 1.54) is 11.1 Å². The van der Waals surface area contributed by atoms with Gasteiger partial charge in [-0.2, -0.15) is 10.2 Å². The zero-order chi connectivity index (χ0) is 22.5. The van der Waals surface area contributed by atoms with Crippen molar-refractivity contribution < 1.29 is 9.53 Å². The molecule has 2 N–H and O–H groups in total. The van der Waals surface area contributed by atoms with E-state index < -0.39 is 0 Å². The second kappa shape index (κ2) is 9.92. The van der Waals surface area contributed by atoms with E-state index >= 15 is 0 Å². The third kappa shape index (κ3) is 5.14. The van der Waals surface area contributed by atoms with Crippen molar-refractivity contribution in [3.8, 4) is 0 Å². The number of carbonyl (C=O) groups is 1. The van der Waals surface area contributed by atoms with E-state index in [2.05, 4.69) is 52.0 Å². The second-order valence-corrected chi connectivity index (χ2v) is 8.03. The molecule has 0 spiro atoms.